The Hall–Kier alpha value is -2.36. The first kappa shape index (κ1) is 16.0. The van der Waals surface area contributed by atoms with Crippen LogP contribution in [0.1, 0.15) is 28.8 Å². The van der Waals surface area contributed by atoms with Crippen LogP contribution in [0.25, 0.3) is 0 Å². The molecule has 6 nitrogen and oxygen atoms in total. The van der Waals surface area contributed by atoms with Gasteiger partial charge in [-0.05, 0) is 37.6 Å². The predicted molar refractivity (Wildman–Crippen MR) is 84.7 cm³/mol. The SMILES string of the molecule is CN(CCCc1[nH]nc(N)c1C#N)Cc1ccc(CO)cc1. The molecule has 0 radical (unpaired) electrons. The number of benzene rings is 1. The summed E-state index contributed by atoms with van der Waals surface area (Å²) in [5.41, 5.74) is 9.02. The fraction of sp³-hybridized carbons (Fsp3) is 0.375. The number of aromatic nitrogens is 2. The van der Waals surface area contributed by atoms with Crippen LogP contribution in [0.3, 0.4) is 0 Å². The number of nitrogens with zero attached hydrogens (tertiary/aromatic N) is 3. The van der Waals surface area contributed by atoms with Gasteiger partial charge in [-0.15, -0.1) is 0 Å². The van der Waals surface area contributed by atoms with Gasteiger partial charge >= 0.3 is 0 Å². The lowest BCUT2D eigenvalue weighted by Gasteiger charge is -2.16. The second-order valence-corrected chi connectivity index (χ2v) is 5.39. The number of aryl methyl sites for hydroxylation is 1. The van der Waals surface area contributed by atoms with Gasteiger partial charge in [-0.25, -0.2) is 0 Å². The molecule has 2 aromatic rings. The van der Waals surface area contributed by atoms with Crippen LogP contribution in [-0.2, 0) is 19.6 Å². The zero-order valence-corrected chi connectivity index (χ0v) is 12.7. The normalized spacial score (nSPS) is 10.8. The minimum atomic E-state index is 0.0741. The number of nitriles is 1. The van der Waals surface area contributed by atoms with Crippen molar-refractivity contribution in [1.82, 2.24) is 15.1 Å². The first-order chi connectivity index (χ1) is 10.6. The number of aliphatic hydroxyl groups is 1. The van der Waals surface area contributed by atoms with Gasteiger partial charge in [0.25, 0.3) is 0 Å². The first-order valence-corrected chi connectivity index (χ1v) is 7.24. The van der Waals surface area contributed by atoms with Crippen molar-refractivity contribution in [2.45, 2.75) is 26.0 Å². The van der Waals surface area contributed by atoms with Gasteiger partial charge < -0.3 is 15.7 Å². The first-order valence-electron chi connectivity index (χ1n) is 7.24. The smallest absolute Gasteiger partial charge is 0.163 e. The lowest BCUT2D eigenvalue weighted by molar-refractivity contribution is 0.281. The third kappa shape index (κ3) is 4.07. The summed E-state index contributed by atoms with van der Waals surface area (Å²) >= 11 is 0. The van der Waals surface area contributed by atoms with Crippen molar-refractivity contribution in [3.63, 3.8) is 0 Å². The molecular weight excluding hydrogens is 278 g/mol. The number of aliphatic hydroxyl groups excluding tert-OH is 1. The minimum absolute atomic E-state index is 0.0741. The van der Waals surface area contributed by atoms with Crippen LogP contribution in [0.2, 0.25) is 0 Å². The maximum absolute atomic E-state index is 9.03. The van der Waals surface area contributed by atoms with Crippen LogP contribution in [0.4, 0.5) is 5.82 Å². The van der Waals surface area contributed by atoms with Gasteiger partial charge in [-0.3, -0.25) is 5.10 Å². The van der Waals surface area contributed by atoms with Crippen molar-refractivity contribution in [2.24, 2.45) is 0 Å². The fourth-order valence-electron chi connectivity index (χ4n) is 2.37. The molecule has 0 amide bonds. The van der Waals surface area contributed by atoms with Crippen molar-refractivity contribution in [1.29, 1.82) is 5.26 Å². The summed E-state index contributed by atoms with van der Waals surface area (Å²) in [5, 5.41) is 24.7. The van der Waals surface area contributed by atoms with Crippen LogP contribution in [-0.4, -0.2) is 33.8 Å². The van der Waals surface area contributed by atoms with Gasteiger partial charge in [0.1, 0.15) is 11.6 Å². The molecule has 1 heterocycles. The highest BCUT2D eigenvalue weighted by molar-refractivity contribution is 5.50. The van der Waals surface area contributed by atoms with Gasteiger partial charge in [0.05, 0.1) is 12.3 Å². The van der Waals surface area contributed by atoms with Crippen molar-refractivity contribution >= 4 is 5.82 Å². The number of nitrogens with two attached hydrogens (primary N) is 1. The van der Waals surface area contributed by atoms with Crippen molar-refractivity contribution in [3.05, 3.63) is 46.6 Å². The van der Waals surface area contributed by atoms with E-state index in [4.69, 9.17) is 16.1 Å². The molecule has 6 heteroatoms. The molecule has 0 saturated heterocycles. The van der Waals surface area contributed by atoms with Crippen LogP contribution in [0, 0.1) is 11.3 Å². The number of nitrogens with one attached hydrogen (secondary N) is 1. The molecule has 0 spiro atoms. The number of anilines is 1. The van der Waals surface area contributed by atoms with E-state index in [9.17, 15) is 0 Å². The summed E-state index contributed by atoms with van der Waals surface area (Å²) in [7, 11) is 2.06. The largest absolute Gasteiger partial charge is 0.392 e. The van der Waals surface area contributed by atoms with Crippen LogP contribution < -0.4 is 5.73 Å². The highest BCUT2D eigenvalue weighted by Crippen LogP contribution is 2.14. The Kier molecular flexibility index (Phi) is 5.53. The Balaban J connectivity index is 1.80. The second-order valence-electron chi connectivity index (χ2n) is 5.39. The van der Waals surface area contributed by atoms with E-state index in [-0.39, 0.29) is 12.4 Å². The molecule has 0 bridgehead atoms. The fourth-order valence-corrected chi connectivity index (χ4v) is 2.37. The summed E-state index contributed by atoms with van der Waals surface area (Å²) in [6.07, 6.45) is 1.67. The Labute approximate surface area is 130 Å². The number of aromatic amines is 1. The zero-order valence-electron chi connectivity index (χ0n) is 12.7. The molecule has 1 aromatic carbocycles. The summed E-state index contributed by atoms with van der Waals surface area (Å²) in [6.45, 7) is 1.83. The van der Waals surface area contributed by atoms with E-state index in [1.807, 2.05) is 24.3 Å². The predicted octanol–water partition coefficient (Wildman–Crippen LogP) is 1.42. The van der Waals surface area contributed by atoms with Crippen molar-refractivity contribution in [2.75, 3.05) is 19.3 Å². The Morgan fingerprint density at radius 2 is 2.00 bits per heavy atom. The molecule has 0 fully saturated rings. The maximum atomic E-state index is 9.03. The Bertz CT molecular complexity index is 642. The van der Waals surface area contributed by atoms with Crippen LogP contribution in [0.5, 0.6) is 0 Å². The average molecular weight is 299 g/mol. The van der Waals surface area contributed by atoms with Crippen molar-refractivity contribution in [3.8, 4) is 6.07 Å². The van der Waals surface area contributed by atoms with E-state index in [0.29, 0.717) is 5.56 Å². The number of H-pyrrole nitrogens is 1. The number of hydrogen-bond acceptors (Lipinski definition) is 5. The standard InChI is InChI=1S/C16H21N5O/c1-21(10-12-4-6-13(11-22)7-5-12)8-2-3-15-14(9-17)16(18)20-19-15/h4-7,22H,2-3,8,10-11H2,1H3,(H3,18,19,20). The summed E-state index contributed by atoms with van der Waals surface area (Å²) in [6, 6.07) is 10.0. The number of hydrogen-bond donors (Lipinski definition) is 3. The maximum Gasteiger partial charge on any atom is 0.163 e. The number of rotatable bonds is 7. The topological polar surface area (TPSA) is 102 Å². The Morgan fingerprint density at radius 1 is 1.32 bits per heavy atom. The van der Waals surface area contributed by atoms with Gasteiger partial charge in [-0.1, -0.05) is 24.3 Å². The van der Waals surface area contributed by atoms with Gasteiger partial charge in [0, 0.05) is 6.54 Å². The summed E-state index contributed by atoms with van der Waals surface area (Å²) in [4.78, 5) is 2.22. The molecule has 0 saturated carbocycles. The van der Waals surface area contributed by atoms with E-state index < -0.39 is 0 Å². The second kappa shape index (κ2) is 7.59. The van der Waals surface area contributed by atoms with Gasteiger partial charge in [0.2, 0.25) is 0 Å². The van der Waals surface area contributed by atoms with E-state index in [2.05, 4.69) is 28.2 Å². The van der Waals surface area contributed by atoms with Gasteiger partial charge in [0.15, 0.2) is 5.82 Å². The third-order valence-electron chi connectivity index (χ3n) is 3.61. The van der Waals surface area contributed by atoms with Gasteiger partial charge in [-0.2, -0.15) is 10.4 Å². The van der Waals surface area contributed by atoms with E-state index >= 15 is 0 Å². The molecule has 0 unspecified atom stereocenters. The van der Waals surface area contributed by atoms with Crippen molar-refractivity contribution < 1.29 is 5.11 Å². The van der Waals surface area contributed by atoms with Crippen LogP contribution in [0.15, 0.2) is 24.3 Å². The number of nitrogen functional groups attached to an aromatic ring is 1. The van der Waals surface area contributed by atoms with E-state index in [1.54, 1.807) is 0 Å². The molecule has 1 aromatic heterocycles. The lowest BCUT2D eigenvalue weighted by atomic mass is 10.1. The summed E-state index contributed by atoms with van der Waals surface area (Å²) in [5.74, 6) is 0.273. The molecule has 2 rings (SSSR count). The third-order valence-corrected chi connectivity index (χ3v) is 3.61. The van der Waals surface area contributed by atoms with E-state index in [1.165, 1.54) is 5.56 Å². The molecule has 116 valence electrons. The molecule has 0 aliphatic heterocycles. The van der Waals surface area contributed by atoms with Crippen LogP contribution >= 0.6 is 0 Å². The lowest BCUT2D eigenvalue weighted by Crippen LogP contribution is -2.19. The van der Waals surface area contributed by atoms with E-state index in [0.717, 1.165) is 37.2 Å². The molecule has 0 atom stereocenters. The quantitative estimate of drug-likeness (QED) is 0.717. The minimum Gasteiger partial charge on any atom is -0.392 e. The highest BCUT2D eigenvalue weighted by atomic mass is 16.3. The Morgan fingerprint density at radius 3 is 2.64 bits per heavy atom. The molecular formula is C16H21N5O. The molecule has 0 aliphatic carbocycles. The molecule has 0 aliphatic rings. The molecule has 22 heavy (non-hydrogen) atoms. The molecule has 4 N–H and O–H groups in total. The highest BCUT2D eigenvalue weighted by Gasteiger charge is 2.10. The average Bonchev–Trinajstić information content (AvgIpc) is 2.88. The monoisotopic (exact) mass is 299 g/mol. The summed E-state index contributed by atoms with van der Waals surface area (Å²) < 4.78 is 0. The zero-order chi connectivity index (χ0) is 15.9.